The Bertz CT molecular complexity index is 1150. The molecule has 0 bridgehead atoms. The zero-order valence-corrected chi connectivity index (χ0v) is 22.7. The number of carbonyl (C=O) groups excluding carboxylic acids is 4. The number of thiazole rings is 1. The van der Waals surface area contributed by atoms with Crippen molar-refractivity contribution in [1.29, 1.82) is 0 Å². The molecule has 3 rings (SSSR count). The monoisotopic (exact) mass is 576 g/mol. The summed E-state index contributed by atoms with van der Waals surface area (Å²) in [6.45, 7) is 3.31. The van der Waals surface area contributed by atoms with Crippen LogP contribution in [0.2, 0.25) is 4.34 Å². The number of alkyl halides is 1. The van der Waals surface area contributed by atoms with Gasteiger partial charge in [0.05, 0.1) is 10.9 Å². The molecule has 1 saturated heterocycles. The van der Waals surface area contributed by atoms with Crippen LogP contribution in [0.4, 0.5) is 0 Å². The average molecular weight is 577 g/mol. The van der Waals surface area contributed by atoms with E-state index in [2.05, 4.69) is 20.1 Å². The number of rotatable bonds is 9. The summed E-state index contributed by atoms with van der Waals surface area (Å²) in [4.78, 5) is 60.8. The van der Waals surface area contributed by atoms with Gasteiger partial charge in [-0.15, -0.1) is 22.9 Å². The topological polar surface area (TPSA) is 160 Å². The largest absolute Gasteiger partial charge is 0.614 e. The molecule has 192 valence electrons. The minimum atomic E-state index is -1.67. The van der Waals surface area contributed by atoms with Crippen LogP contribution in [-0.4, -0.2) is 89.2 Å². The van der Waals surface area contributed by atoms with Gasteiger partial charge in [0.2, 0.25) is 11.5 Å². The number of amides is 2. The van der Waals surface area contributed by atoms with Gasteiger partial charge in [-0.2, -0.15) is 0 Å². The number of carbonyl (C=O) groups is 4. The summed E-state index contributed by atoms with van der Waals surface area (Å²) in [6, 6.07) is -1.25. The van der Waals surface area contributed by atoms with Crippen LogP contribution < -0.4 is 5.32 Å². The molecule has 36 heavy (non-hydrogen) atoms. The number of halogens is 2. The van der Waals surface area contributed by atoms with Crippen LogP contribution in [-0.2, 0) is 44.5 Å². The first-order chi connectivity index (χ1) is 17.1. The molecule has 1 fully saturated rings. The normalized spacial score (nSPS) is 22.4. The molecular weight excluding hydrogens is 557 g/mol. The lowest BCUT2D eigenvalue weighted by molar-refractivity contribution is -0.149. The third-order valence-corrected chi connectivity index (χ3v) is 8.42. The van der Waals surface area contributed by atoms with Gasteiger partial charge >= 0.3 is 28.0 Å². The Hall–Kier alpha value is -2.26. The van der Waals surface area contributed by atoms with E-state index < -0.39 is 58.2 Å². The molecule has 1 unspecified atom stereocenters. The number of nitrogens with one attached hydrogen (secondary N) is 1. The maximum absolute atomic E-state index is 13.2. The average Bonchev–Trinajstić information content (AvgIpc) is 3.20. The van der Waals surface area contributed by atoms with Gasteiger partial charge in [-0.25, -0.2) is 14.6 Å². The highest BCUT2D eigenvalue weighted by Crippen LogP contribution is 2.37. The maximum atomic E-state index is 13.2. The summed E-state index contributed by atoms with van der Waals surface area (Å²) >= 11 is 11.5. The number of nitrogens with zero attached hydrogens (tertiary/aromatic N) is 3. The van der Waals surface area contributed by atoms with E-state index in [0.717, 1.165) is 24.3 Å². The zero-order chi connectivity index (χ0) is 26.7. The summed E-state index contributed by atoms with van der Waals surface area (Å²) in [6.07, 6.45) is -0.915. The summed E-state index contributed by atoms with van der Waals surface area (Å²) in [5.74, 6) is -3.32. The van der Waals surface area contributed by atoms with Gasteiger partial charge < -0.3 is 24.0 Å². The first-order valence-electron chi connectivity index (χ1n) is 10.4. The first kappa shape index (κ1) is 28.3. The quantitative estimate of drug-likeness (QED) is 0.0940. The fourth-order valence-electron chi connectivity index (χ4n) is 3.52. The number of hydrogen-bond acceptors (Lipinski definition) is 11. The number of fused-ring (bicyclic) bond motifs is 1. The number of aryl methyl sites for hydroxylation is 1. The summed E-state index contributed by atoms with van der Waals surface area (Å²) in [5, 5.41) is 5.78. The van der Waals surface area contributed by atoms with Crippen molar-refractivity contribution in [1.82, 2.24) is 15.2 Å². The molecule has 2 amide bonds. The van der Waals surface area contributed by atoms with Gasteiger partial charge in [0.15, 0.2) is 11.8 Å². The predicted molar refractivity (Wildman–Crippen MR) is 136 cm³/mol. The van der Waals surface area contributed by atoms with Crippen LogP contribution in [0.5, 0.6) is 0 Å². The lowest BCUT2D eigenvalue weighted by atomic mass is 10.0. The van der Waals surface area contributed by atoms with Crippen molar-refractivity contribution in [3.8, 4) is 0 Å². The minimum absolute atomic E-state index is 0.0237. The molecule has 1 N–H and O–H groups in total. The molecule has 1 aromatic heterocycles. The van der Waals surface area contributed by atoms with E-state index in [1.165, 1.54) is 8.05 Å². The highest BCUT2D eigenvalue weighted by atomic mass is 35.5. The lowest BCUT2D eigenvalue weighted by Crippen LogP contribution is -2.75. The second-order valence-corrected chi connectivity index (χ2v) is 11.1. The third-order valence-electron chi connectivity index (χ3n) is 5.27. The van der Waals surface area contributed by atoms with Gasteiger partial charge in [-0.1, -0.05) is 23.7 Å². The lowest BCUT2D eigenvalue weighted by Gasteiger charge is -2.49. The summed E-state index contributed by atoms with van der Waals surface area (Å²) < 4.78 is 22.4. The van der Waals surface area contributed by atoms with Crippen LogP contribution in [0.3, 0.4) is 0 Å². The fourth-order valence-corrected chi connectivity index (χ4v) is 6.64. The molecule has 4 atom stereocenters. The number of aromatic nitrogens is 1. The molecule has 0 spiro atoms. The van der Waals surface area contributed by atoms with Crippen molar-refractivity contribution >= 4 is 91.3 Å². The van der Waals surface area contributed by atoms with E-state index in [9.17, 15) is 23.7 Å². The van der Waals surface area contributed by atoms with E-state index >= 15 is 0 Å². The second-order valence-electron chi connectivity index (χ2n) is 7.47. The highest BCUT2D eigenvalue weighted by Gasteiger charge is 2.61. The van der Waals surface area contributed by atoms with E-state index in [-0.39, 0.29) is 33.8 Å². The fraction of sp³-hybridized carbons (Fsp3) is 0.444. The molecule has 0 saturated carbocycles. The van der Waals surface area contributed by atoms with Crippen molar-refractivity contribution in [3.63, 3.8) is 0 Å². The zero-order valence-electron chi connectivity index (χ0n) is 19.5. The molecule has 3 heterocycles. The van der Waals surface area contributed by atoms with Crippen molar-refractivity contribution < 1.29 is 37.9 Å². The molecular formula is C18H20B2Cl2N4O8S2. The van der Waals surface area contributed by atoms with Crippen molar-refractivity contribution in [2.75, 3.05) is 11.6 Å². The number of hydrogen-bond donors (Lipinski definition) is 1. The van der Waals surface area contributed by atoms with Crippen molar-refractivity contribution in [3.05, 3.63) is 26.3 Å². The Balaban J connectivity index is 1.90. The van der Waals surface area contributed by atoms with Gasteiger partial charge in [0.1, 0.15) is 21.5 Å². The van der Waals surface area contributed by atoms with Crippen LogP contribution in [0.25, 0.3) is 0 Å². The number of β-lactam (4-membered cyclic amide) rings is 1. The van der Waals surface area contributed by atoms with Gasteiger partial charge in [0, 0.05) is 5.57 Å². The summed E-state index contributed by atoms with van der Waals surface area (Å²) in [7, 11) is 2.32. The SMILES string of the molecule is BOC(=O)C1=C(CCl)C[S+]([O-])[C@@H]2[C@H](NC(=O)/C(=N\O[C@H](CC)C(=O)OB)c3nc(C)sc3Cl)C(=O)N12. The minimum Gasteiger partial charge on any atom is -0.614 e. The van der Waals surface area contributed by atoms with Crippen molar-refractivity contribution in [2.45, 2.75) is 37.8 Å². The Labute approximate surface area is 224 Å². The number of oxime groups is 1. The molecule has 2 aliphatic rings. The molecule has 0 radical (unpaired) electrons. The molecule has 12 nitrogen and oxygen atoms in total. The Morgan fingerprint density at radius 3 is 2.61 bits per heavy atom. The smallest absolute Gasteiger partial charge is 0.337 e. The van der Waals surface area contributed by atoms with Crippen LogP contribution in [0, 0.1) is 6.92 Å². The maximum Gasteiger partial charge on any atom is 0.337 e. The highest BCUT2D eigenvalue weighted by molar-refractivity contribution is 7.92. The van der Waals surface area contributed by atoms with Gasteiger partial charge in [-0.05, 0) is 24.5 Å². The Morgan fingerprint density at radius 2 is 2.08 bits per heavy atom. The Kier molecular flexibility index (Phi) is 9.33. The molecule has 0 aliphatic carbocycles. The third kappa shape index (κ3) is 5.37. The van der Waals surface area contributed by atoms with Crippen LogP contribution >= 0.6 is 34.5 Å². The van der Waals surface area contributed by atoms with Gasteiger partial charge in [-0.3, -0.25) is 14.5 Å². The Morgan fingerprint density at radius 1 is 1.39 bits per heavy atom. The van der Waals surface area contributed by atoms with E-state index in [1.807, 2.05) is 0 Å². The standard InChI is InChI=1S/C18H20B2Cl2N4O8S2/c1-3-8(17(29)32-19)34-25-10(9-13(22)35-6(2)23-9)14(27)24-11-15(28)26-12(18(30)33-20)7(4-21)5-36(31)16(11)26/h8,11,16H,3-5,19-20H2,1-2H3,(H,24,27)/b25-10-/t8-,11-,16-,36?/m1/s1. The van der Waals surface area contributed by atoms with Crippen LogP contribution in [0.1, 0.15) is 24.0 Å². The van der Waals surface area contributed by atoms with E-state index in [0.29, 0.717) is 10.6 Å². The van der Waals surface area contributed by atoms with Crippen molar-refractivity contribution in [2.24, 2.45) is 5.16 Å². The molecule has 18 heteroatoms. The molecule has 2 aliphatic heterocycles. The van der Waals surface area contributed by atoms with E-state index in [4.69, 9.17) is 32.7 Å². The summed E-state index contributed by atoms with van der Waals surface area (Å²) in [5.41, 5.74) is -0.217. The van der Waals surface area contributed by atoms with Crippen LogP contribution in [0.15, 0.2) is 16.4 Å². The molecule has 1 aromatic rings. The van der Waals surface area contributed by atoms with Gasteiger partial charge in [0.25, 0.3) is 11.8 Å². The first-order valence-corrected chi connectivity index (χ1v) is 13.5. The molecule has 0 aromatic carbocycles. The predicted octanol–water partition coefficient (Wildman–Crippen LogP) is -1.30. The second kappa shape index (κ2) is 11.9. The van der Waals surface area contributed by atoms with E-state index in [1.54, 1.807) is 13.8 Å².